The number of carbonyl (C=O) groups excluding carboxylic acids is 12. The first-order valence-corrected chi connectivity index (χ1v) is 42.6. The maximum absolute atomic E-state index is 13.5. The van der Waals surface area contributed by atoms with Crippen molar-refractivity contribution in [3.63, 3.8) is 0 Å². The predicted octanol–water partition coefficient (Wildman–Crippen LogP) is 20.5. The number of methoxy groups -OCH3 is 2. The Balaban J connectivity index is 0.000000136. The van der Waals surface area contributed by atoms with Crippen LogP contribution in [0.25, 0.3) is 0 Å². The minimum atomic E-state index is -0.567. The van der Waals surface area contributed by atoms with Crippen LogP contribution in [-0.2, 0) is 0 Å². The molecule has 28 heteroatoms. The smallest absolute Gasteiger partial charge is 0.231 e. The molecular weight excluding hydrogens is 1730 g/mol. The second-order valence-electron chi connectivity index (χ2n) is 30.6. The molecule has 0 radical (unpaired) electrons. The molecule has 12 aromatic rings. The van der Waals surface area contributed by atoms with E-state index in [4.69, 9.17) is 66.3 Å². The number of rotatable bonds is 32. The first-order valence-electron chi connectivity index (χ1n) is 42.6. The van der Waals surface area contributed by atoms with Crippen LogP contribution in [0.15, 0.2) is 255 Å². The van der Waals surface area contributed by atoms with Gasteiger partial charge in [-0.1, -0.05) is 108 Å². The second-order valence-corrected chi connectivity index (χ2v) is 30.6. The minimum Gasteiger partial charge on any atom is -0.497 e. The highest BCUT2D eigenvalue weighted by Gasteiger charge is 2.26. The summed E-state index contributed by atoms with van der Waals surface area (Å²) in [4.78, 5) is 146. The van der Waals surface area contributed by atoms with E-state index in [1.165, 1.54) is 49.6 Å². The Morgan fingerprint density at radius 2 is 0.463 bits per heavy atom. The topological polar surface area (TPSA) is 334 Å². The van der Waals surface area contributed by atoms with Gasteiger partial charge < -0.3 is 66.3 Å². The van der Waals surface area contributed by atoms with Gasteiger partial charge in [0.2, 0.25) is 40.8 Å². The SMILES string of the molecule is COc1cccc(C(=O)CCC(=O)c2ccc3c(c2)OCO3)c1.COc1ccccc1C(=O)CCC(=O)c1ccc2c(c1)OCO2.Cc1ccc(C(=O)CCC(=O)c2ccc3c(c2)OCO3)cc1.Cc1ccc(C(=O)CCC(=O)c2ccc3c(c2)OCO3)cc1.O=C(CCC(=O)c1ccc2c(c1)OCO2)c1cccc(F)c1.O=C(CCC(=O)c1ccccc1F)c1ccc2c(c1)OCO2. The fourth-order valence-corrected chi connectivity index (χ4v) is 14.0. The van der Waals surface area contributed by atoms with Gasteiger partial charge in [0.15, 0.2) is 138 Å². The average molecular weight is 1820 g/mol. The van der Waals surface area contributed by atoms with E-state index in [2.05, 4.69) is 0 Å². The molecule has 26 nitrogen and oxygen atoms in total. The fraction of sp³-hybridized carbons (Fsp3) is 0.208. The number of fused-ring (bicyclic) bond motifs is 6. The van der Waals surface area contributed by atoms with Crippen molar-refractivity contribution in [1.29, 1.82) is 0 Å². The van der Waals surface area contributed by atoms with Gasteiger partial charge in [-0.25, -0.2) is 8.78 Å². The van der Waals surface area contributed by atoms with Crippen LogP contribution in [0.2, 0.25) is 0 Å². The highest BCUT2D eigenvalue weighted by molar-refractivity contribution is 6.07. The maximum atomic E-state index is 13.5. The minimum absolute atomic E-state index is 0.0148. The molecule has 0 aromatic heterocycles. The van der Waals surface area contributed by atoms with Gasteiger partial charge in [0, 0.05) is 133 Å². The Kier molecular flexibility index (Phi) is 33.0. The zero-order valence-corrected chi connectivity index (χ0v) is 73.3. The van der Waals surface area contributed by atoms with E-state index in [0.717, 1.165) is 11.1 Å². The first kappa shape index (κ1) is 95.3. The van der Waals surface area contributed by atoms with Crippen molar-refractivity contribution in [2.75, 3.05) is 55.0 Å². The monoisotopic (exact) mass is 1820 g/mol. The third kappa shape index (κ3) is 26.1. The van der Waals surface area contributed by atoms with Crippen LogP contribution in [0.4, 0.5) is 8.78 Å². The van der Waals surface area contributed by atoms with Gasteiger partial charge in [0.1, 0.15) is 23.1 Å². The van der Waals surface area contributed by atoms with Crippen molar-refractivity contribution >= 4 is 69.4 Å². The molecule has 18 rings (SSSR count). The van der Waals surface area contributed by atoms with Crippen molar-refractivity contribution in [2.45, 2.75) is 90.9 Å². The summed E-state index contributed by atoms with van der Waals surface area (Å²) in [5.74, 6) is 5.63. The third-order valence-electron chi connectivity index (χ3n) is 21.5. The number of ether oxygens (including phenoxy) is 14. The van der Waals surface area contributed by atoms with Gasteiger partial charge in [-0.15, -0.1) is 0 Å². The molecule has 0 atom stereocenters. The van der Waals surface area contributed by atoms with E-state index >= 15 is 0 Å². The molecule has 0 saturated carbocycles. The standard InChI is InChI=1S/2C18H16O5.2C18H16O4.2C17H13FO4/c1-21-14-4-2-3-12(9-14)15(19)6-7-16(20)13-5-8-17-18(10-13)23-11-22-17;1-21-16-5-3-2-4-13(16)15(20)8-7-14(19)12-6-9-17-18(10-12)23-11-22-17;2*1-12-2-4-13(5-3-12)15(19)7-8-16(20)14-6-9-17-18(10-14)22-11-21-17;18-13-3-1-2-11(8-13)14(19)5-6-15(20)12-4-7-16-17(9-12)22-10-21-16;18-13-4-2-1-3-12(13)15(20)7-6-14(19)11-5-8-16-17(9-11)22-10-21-16/h2-5,8-10H,6-7,11H2,1H3;2-6,9-10H,7-8,11H2,1H3;2*2-6,9-10H,7-8,11H2,1H3;1-4,7-9H,5-6,10H2;1-5,8-9H,6-7,10H2. The van der Waals surface area contributed by atoms with Crippen LogP contribution < -0.4 is 66.3 Å². The number of carbonyl (C=O) groups is 12. The van der Waals surface area contributed by atoms with E-state index in [1.807, 2.05) is 38.1 Å². The van der Waals surface area contributed by atoms with Crippen molar-refractivity contribution in [1.82, 2.24) is 0 Å². The first-order chi connectivity index (χ1) is 64.9. The molecule has 6 aliphatic rings. The summed E-state index contributed by atoms with van der Waals surface area (Å²) in [5.41, 5.74) is 7.86. The number of Topliss-reactive ketones (excluding diaryl/α,β-unsaturated/α-hetero) is 12. The quantitative estimate of drug-likeness (QED) is 0.0353. The molecule has 0 saturated heterocycles. The molecule has 0 N–H and O–H groups in total. The van der Waals surface area contributed by atoms with Gasteiger partial charge in [0.25, 0.3) is 0 Å². The van der Waals surface area contributed by atoms with Crippen LogP contribution in [-0.4, -0.2) is 124 Å². The van der Waals surface area contributed by atoms with Gasteiger partial charge in [-0.05, 0) is 172 Å². The summed E-state index contributed by atoms with van der Waals surface area (Å²) in [7, 11) is 3.07. The summed E-state index contributed by atoms with van der Waals surface area (Å²) in [6, 6.07) is 70.0. The number of para-hydroxylation sites is 1. The molecular formula is C106H90F2O26. The Bertz CT molecular complexity index is 6270. The number of benzene rings is 12. The summed E-state index contributed by atoms with van der Waals surface area (Å²) >= 11 is 0. The lowest BCUT2D eigenvalue weighted by molar-refractivity contribution is 0.0915. The van der Waals surface area contributed by atoms with Crippen molar-refractivity contribution in [2.24, 2.45) is 0 Å². The van der Waals surface area contributed by atoms with E-state index in [0.29, 0.717) is 136 Å². The largest absolute Gasteiger partial charge is 0.497 e. The summed E-state index contributed by atoms with van der Waals surface area (Å²) in [6.07, 6.45) is 1.44. The molecule has 12 aromatic carbocycles. The molecule has 6 aliphatic heterocycles. The van der Waals surface area contributed by atoms with E-state index in [-0.39, 0.29) is 198 Å². The van der Waals surface area contributed by atoms with Crippen LogP contribution in [0, 0.1) is 25.5 Å². The number of hydrogen-bond acceptors (Lipinski definition) is 26. The lowest BCUT2D eigenvalue weighted by Crippen LogP contribution is -2.07. The van der Waals surface area contributed by atoms with Crippen LogP contribution in [0.5, 0.6) is 80.5 Å². The van der Waals surface area contributed by atoms with Gasteiger partial charge in [0.05, 0.1) is 25.3 Å². The Hall–Kier alpha value is -16.3. The van der Waals surface area contributed by atoms with Crippen molar-refractivity contribution in [3.05, 3.63) is 344 Å². The third-order valence-corrected chi connectivity index (χ3v) is 21.5. The molecule has 6 heterocycles. The van der Waals surface area contributed by atoms with Gasteiger partial charge in [-0.2, -0.15) is 0 Å². The molecule has 134 heavy (non-hydrogen) atoms. The predicted molar refractivity (Wildman–Crippen MR) is 484 cm³/mol. The van der Waals surface area contributed by atoms with E-state index in [9.17, 15) is 66.3 Å². The molecule has 684 valence electrons. The zero-order valence-electron chi connectivity index (χ0n) is 73.3. The Morgan fingerprint density at radius 3 is 0.754 bits per heavy atom. The maximum Gasteiger partial charge on any atom is 0.231 e. The average Bonchev–Trinajstić information content (AvgIpc) is 1.70. The number of aryl methyl sites for hydroxylation is 2. The second kappa shape index (κ2) is 46.3. The van der Waals surface area contributed by atoms with Crippen LogP contribution >= 0.6 is 0 Å². The Morgan fingerprint density at radius 1 is 0.224 bits per heavy atom. The van der Waals surface area contributed by atoms with Crippen LogP contribution in [0.3, 0.4) is 0 Å². The number of hydrogen-bond donors (Lipinski definition) is 0. The number of halogens is 2. The molecule has 0 fully saturated rings. The summed E-state index contributed by atoms with van der Waals surface area (Å²) in [5, 5.41) is 0. The highest BCUT2D eigenvalue weighted by atomic mass is 19.1. The van der Waals surface area contributed by atoms with Gasteiger partial charge >= 0.3 is 0 Å². The molecule has 0 spiro atoms. The fourth-order valence-electron chi connectivity index (χ4n) is 14.0. The lowest BCUT2D eigenvalue weighted by atomic mass is 10.0. The summed E-state index contributed by atoms with van der Waals surface area (Å²) < 4.78 is 99.5. The van der Waals surface area contributed by atoms with E-state index in [1.54, 1.807) is 195 Å². The number of ketones is 12. The molecule has 0 unspecified atom stereocenters. The lowest BCUT2D eigenvalue weighted by Gasteiger charge is -2.07. The van der Waals surface area contributed by atoms with E-state index < -0.39 is 11.6 Å². The highest BCUT2D eigenvalue weighted by Crippen LogP contribution is 2.39. The normalized spacial score (nSPS) is 12.2. The Labute approximate surface area is 768 Å². The van der Waals surface area contributed by atoms with Crippen molar-refractivity contribution in [3.8, 4) is 80.5 Å². The molecule has 0 bridgehead atoms. The van der Waals surface area contributed by atoms with Crippen molar-refractivity contribution < 1.29 is 133 Å². The summed E-state index contributed by atoms with van der Waals surface area (Å²) in [6.45, 7) is 4.91. The van der Waals surface area contributed by atoms with Gasteiger partial charge in [-0.3, -0.25) is 57.5 Å². The zero-order chi connectivity index (χ0) is 94.6. The molecule has 0 amide bonds. The molecule has 0 aliphatic carbocycles. The van der Waals surface area contributed by atoms with Crippen LogP contribution in [0.1, 0.15) is 212 Å².